The van der Waals surface area contributed by atoms with Gasteiger partial charge in [0.1, 0.15) is 6.10 Å². The molecule has 0 unspecified atom stereocenters. The molecule has 0 N–H and O–H groups in total. The summed E-state index contributed by atoms with van der Waals surface area (Å²) in [4.78, 5) is 32.5. The third-order valence-electron chi connectivity index (χ3n) is 7.78. The minimum atomic E-state index is -0.799. The number of nitro groups is 1. The van der Waals surface area contributed by atoms with Crippen molar-refractivity contribution in [1.29, 1.82) is 0 Å². The largest absolute Gasteiger partial charge is 0.342 e. The van der Waals surface area contributed by atoms with Gasteiger partial charge in [0, 0.05) is 24.4 Å². The van der Waals surface area contributed by atoms with Crippen LogP contribution in [0.2, 0.25) is 0 Å². The van der Waals surface area contributed by atoms with Gasteiger partial charge >= 0.3 is 0 Å². The highest BCUT2D eigenvalue weighted by molar-refractivity contribution is 6.00. The average Bonchev–Trinajstić information content (AvgIpc) is 3.15. The van der Waals surface area contributed by atoms with Crippen molar-refractivity contribution in [2.45, 2.75) is 69.0 Å². The van der Waals surface area contributed by atoms with Crippen molar-refractivity contribution in [3.63, 3.8) is 0 Å². The van der Waals surface area contributed by atoms with Crippen molar-refractivity contribution in [3.8, 4) is 0 Å². The molecule has 0 aromatic heterocycles. The molecule has 7 rings (SSSR count). The Morgan fingerprint density at radius 1 is 1.09 bits per heavy atom. The Bertz CT molecular complexity index is 1270. The number of piperidine rings is 1. The van der Waals surface area contributed by atoms with Crippen molar-refractivity contribution in [2.24, 2.45) is 4.99 Å². The predicted octanol–water partition coefficient (Wildman–Crippen LogP) is 4.55. The molecule has 8 nitrogen and oxygen atoms in total. The van der Waals surface area contributed by atoms with Gasteiger partial charge in [-0.2, -0.15) is 0 Å². The molecule has 2 aromatic carbocycles. The van der Waals surface area contributed by atoms with Gasteiger partial charge in [0.2, 0.25) is 5.91 Å². The molecule has 2 aromatic rings. The Morgan fingerprint density at radius 3 is 2.53 bits per heavy atom. The van der Waals surface area contributed by atoms with Gasteiger partial charge in [-0.1, -0.05) is 30.3 Å². The summed E-state index contributed by atoms with van der Waals surface area (Å²) in [5, 5.41) is 12.0. The van der Waals surface area contributed by atoms with Gasteiger partial charge in [0.05, 0.1) is 33.6 Å². The molecule has 0 aliphatic carbocycles. The normalized spacial score (nSPS) is 32.1. The number of carbonyl (C=O) groups excluding carboxylic acids is 1. The van der Waals surface area contributed by atoms with Crippen LogP contribution >= 0.6 is 0 Å². The van der Waals surface area contributed by atoms with Crippen LogP contribution in [0.1, 0.15) is 62.8 Å². The van der Waals surface area contributed by atoms with E-state index >= 15 is 0 Å². The van der Waals surface area contributed by atoms with E-state index < -0.39 is 39.8 Å². The maximum Gasteiger partial charge on any atom is 0.273 e. The summed E-state index contributed by atoms with van der Waals surface area (Å²) in [6.45, 7) is 8.26. The summed E-state index contributed by atoms with van der Waals surface area (Å²) in [6, 6.07) is 12.2. The standard InChI is InChI=1S/C26H27N3O5/c1-24(2)22(33-25(3,4)34-24)21-16-9-7-10-17-19(16)26(14-27-17)12-13-28(21)23(30)20(26)15-8-5-6-11-18(15)29(31)32/h5-11,14,20-22H,12-13H2,1-4H3/t20-,21-,22-,26+/m0/s1. The quantitative estimate of drug-likeness (QED) is 0.494. The van der Waals surface area contributed by atoms with E-state index in [1.165, 1.54) is 6.07 Å². The summed E-state index contributed by atoms with van der Waals surface area (Å²) >= 11 is 0. The van der Waals surface area contributed by atoms with E-state index in [1.54, 1.807) is 18.2 Å². The van der Waals surface area contributed by atoms with Crippen LogP contribution in [0.25, 0.3) is 0 Å². The Morgan fingerprint density at radius 2 is 1.82 bits per heavy atom. The van der Waals surface area contributed by atoms with Crippen LogP contribution in [-0.2, 0) is 19.7 Å². The van der Waals surface area contributed by atoms with E-state index in [1.807, 2.05) is 57.0 Å². The Balaban J connectivity index is 1.61. The highest BCUT2D eigenvalue weighted by Crippen LogP contribution is 2.60. The van der Waals surface area contributed by atoms with Gasteiger partial charge in [0.25, 0.3) is 5.69 Å². The minimum Gasteiger partial charge on any atom is -0.342 e. The van der Waals surface area contributed by atoms with Gasteiger partial charge in [0.15, 0.2) is 5.79 Å². The Kier molecular flexibility index (Phi) is 4.24. The number of benzene rings is 2. The Hall–Kier alpha value is -3.10. The summed E-state index contributed by atoms with van der Waals surface area (Å²) < 4.78 is 12.7. The molecule has 0 saturated carbocycles. The molecule has 1 spiro atoms. The van der Waals surface area contributed by atoms with Crippen molar-refractivity contribution in [3.05, 3.63) is 69.3 Å². The van der Waals surface area contributed by atoms with Crippen LogP contribution in [0.4, 0.5) is 11.4 Å². The second-order valence-corrected chi connectivity index (χ2v) is 10.7. The third-order valence-corrected chi connectivity index (χ3v) is 7.78. The number of fused-ring (bicyclic) bond motifs is 2. The smallest absolute Gasteiger partial charge is 0.273 e. The average molecular weight is 462 g/mol. The van der Waals surface area contributed by atoms with E-state index in [0.29, 0.717) is 18.5 Å². The molecule has 2 fully saturated rings. The molecule has 5 aliphatic rings. The first kappa shape index (κ1) is 21.4. The van der Waals surface area contributed by atoms with E-state index in [-0.39, 0.29) is 11.6 Å². The molecule has 4 atom stereocenters. The van der Waals surface area contributed by atoms with Crippen molar-refractivity contribution < 1.29 is 19.2 Å². The lowest BCUT2D eigenvalue weighted by atomic mass is 9.64. The van der Waals surface area contributed by atoms with Crippen LogP contribution < -0.4 is 0 Å². The van der Waals surface area contributed by atoms with E-state index in [4.69, 9.17) is 14.5 Å². The van der Waals surface area contributed by atoms with Crippen molar-refractivity contribution in [2.75, 3.05) is 6.54 Å². The first-order chi connectivity index (χ1) is 16.1. The summed E-state index contributed by atoms with van der Waals surface area (Å²) in [7, 11) is 0. The molecule has 2 bridgehead atoms. The molecule has 1 amide bonds. The van der Waals surface area contributed by atoms with Crippen LogP contribution in [0.3, 0.4) is 0 Å². The highest BCUT2D eigenvalue weighted by Gasteiger charge is 2.62. The number of hydrogen-bond acceptors (Lipinski definition) is 6. The number of nitrogens with zero attached hydrogens (tertiary/aromatic N) is 3. The maximum atomic E-state index is 14.3. The predicted molar refractivity (Wildman–Crippen MR) is 125 cm³/mol. The van der Waals surface area contributed by atoms with Crippen LogP contribution in [0.15, 0.2) is 47.5 Å². The summed E-state index contributed by atoms with van der Waals surface area (Å²) in [5.41, 5.74) is 1.79. The Labute approximate surface area is 197 Å². The van der Waals surface area contributed by atoms with Gasteiger partial charge in [-0.3, -0.25) is 19.9 Å². The SMILES string of the molecule is CC1(C)O[C@@H]([C@@H]2c3cccc4c3[C@]3(C=N4)CCN2C(=O)[C@@H]3c2ccccc2[N+](=O)[O-])C(C)(C)O1. The summed E-state index contributed by atoms with van der Waals surface area (Å²) in [5.74, 6) is -1.67. The number of carbonyl (C=O) groups is 1. The number of ether oxygens (including phenoxy) is 2. The number of rotatable bonds is 3. The zero-order valence-electron chi connectivity index (χ0n) is 19.6. The van der Waals surface area contributed by atoms with E-state index in [0.717, 1.165) is 16.8 Å². The van der Waals surface area contributed by atoms with Gasteiger partial charge in [-0.05, 0) is 51.3 Å². The zero-order valence-corrected chi connectivity index (χ0v) is 19.6. The van der Waals surface area contributed by atoms with E-state index in [9.17, 15) is 14.9 Å². The van der Waals surface area contributed by atoms with Gasteiger partial charge < -0.3 is 14.4 Å². The van der Waals surface area contributed by atoms with Gasteiger partial charge in [-0.25, -0.2) is 0 Å². The second-order valence-electron chi connectivity index (χ2n) is 10.7. The topological polar surface area (TPSA) is 94.3 Å². The maximum absolute atomic E-state index is 14.3. The molecule has 2 saturated heterocycles. The highest BCUT2D eigenvalue weighted by atomic mass is 16.8. The number of nitro benzene ring substituents is 1. The third kappa shape index (κ3) is 2.72. The second kappa shape index (κ2) is 6.73. The van der Waals surface area contributed by atoms with Crippen molar-refractivity contribution >= 4 is 23.5 Å². The fourth-order valence-electron chi connectivity index (χ4n) is 6.71. The molecule has 5 aliphatic heterocycles. The first-order valence-electron chi connectivity index (χ1n) is 11.7. The van der Waals surface area contributed by atoms with E-state index in [2.05, 4.69) is 0 Å². The van der Waals surface area contributed by atoms with Crippen LogP contribution in [0.5, 0.6) is 0 Å². The molecule has 0 radical (unpaired) electrons. The number of aliphatic imine (C=N–C) groups is 1. The number of para-hydroxylation sites is 1. The molecular weight excluding hydrogens is 434 g/mol. The molecule has 176 valence electrons. The lowest BCUT2D eigenvalue weighted by molar-refractivity contribution is -0.385. The van der Waals surface area contributed by atoms with Gasteiger partial charge in [-0.15, -0.1) is 0 Å². The number of hydrogen-bond donors (Lipinski definition) is 0. The minimum absolute atomic E-state index is 0.0400. The lowest BCUT2D eigenvalue weighted by Gasteiger charge is -2.44. The monoisotopic (exact) mass is 461 g/mol. The van der Waals surface area contributed by atoms with Crippen LogP contribution in [0, 0.1) is 10.1 Å². The van der Waals surface area contributed by atoms with Crippen LogP contribution in [-0.4, -0.2) is 46.0 Å². The fraction of sp³-hybridized carbons (Fsp3) is 0.462. The van der Waals surface area contributed by atoms with Crippen molar-refractivity contribution in [1.82, 2.24) is 4.90 Å². The number of amides is 1. The molecule has 34 heavy (non-hydrogen) atoms. The molecule has 5 heterocycles. The molecular formula is C26H27N3O5. The summed E-state index contributed by atoms with van der Waals surface area (Å²) in [6.07, 6.45) is 2.08. The zero-order chi connectivity index (χ0) is 24.0. The fourth-order valence-corrected chi connectivity index (χ4v) is 6.71. The first-order valence-corrected chi connectivity index (χ1v) is 11.7. The lowest BCUT2D eigenvalue weighted by Crippen LogP contribution is -2.53. The molecule has 8 heteroatoms.